The number of hydrogen-bond donors (Lipinski definition) is 1. The fourth-order valence-corrected chi connectivity index (χ4v) is 2.56. The Hall–Kier alpha value is -2.12. The summed E-state index contributed by atoms with van der Waals surface area (Å²) in [7, 11) is 1.31. The molecule has 0 saturated heterocycles. The maximum absolute atomic E-state index is 11.3. The number of benzene rings is 1. The summed E-state index contributed by atoms with van der Waals surface area (Å²) in [5.74, 6) is -0.725. The molecule has 0 unspecified atom stereocenters. The lowest BCUT2D eigenvalue weighted by Crippen LogP contribution is -2.09. The number of hydroxylamine groups is 1. The van der Waals surface area contributed by atoms with E-state index in [1.165, 1.54) is 25.2 Å². The van der Waals surface area contributed by atoms with Crippen LogP contribution >= 0.6 is 11.3 Å². The van der Waals surface area contributed by atoms with Gasteiger partial charge in [0.1, 0.15) is 5.75 Å². The van der Waals surface area contributed by atoms with E-state index < -0.39 is 5.97 Å². The summed E-state index contributed by atoms with van der Waals surface area (Å²) in [5, 5.41) is 21.0. The van der Waals surface area contributed by atoms with Crippen molar-refractivity contribution in [1.29, 1.82) is 0 Å². The first-order valence-corrected chi connectivity index (χ1v) is 7.16. The Morgan fingerprint density at radius 2 is 2.24 bits per heavy atom. The van der Waals surface area contributed by atoms with E-state index in [2.05, 4.69) is 4.98 Å². The van der Waals surface area contributed by atoms with Crippen LogP contribution in [0.25, 0.3) is 0 Å². The van der Waals surface area contributed by atoms with Gasteiger partial charge in [0.15, 0.2) is 0 Å². The summed E-state index contributed by atoms with van der Waals surface area (Å²) in [6.45, 7) is 2.33. The van der Waals surface area contributed by atoms with Crippen molar-refractivity contribution in [2.45, 2.75) is 13.3 Å². The number of carboxylic acids is 1. The number of nitrogens with zero attached hydrogens (tertiary/aromatic N) is 2. The van der Waals surface area contributed by atoms with E-state index in [9.17, 15) is 10.0 Å². The van der Waals surface area contributed by atoms with E-state index in [0.29, 0.717) is 23.8 Å². The first-order chi connectivity index (χ1) is 9.97. The summed E-state index contributed by atoms with van der Waals surface area (Å²) in [5.41, 5.74) is 3.03. The van der Waals surface area contributed by atoms with Crippen LogP contribution in [-0.4, -0.2) is 29.7 Å². The Kier molecular flexibility index (Phi) is 4.77. The number of aromatic carboxylic acids is 1. The maximum atomic E-state index is 11.3. The molecule has 1 N–H and O–H groups in total. The van der Waals surface area contributed by atoms with Crippen LogP contribution in [0.2, 0.25) is 0 Å². The van der Waals surface area contributed by atoms with E-state index in [4.69, 9.17) is 9.84 Å². The van der Waals surface area contributed by atoms with Crippen molar-refractivity contribution < 1.29 is 14.6 Å². The molecule has 2 aromatic rings. The molecule has 1 aromatic heterocycles. The molecule has 0 spiro atoms. The molecular weight excluding hydrogens is 292 g/mol. The number of carbonyl (C=O) groups is 1. The third kappa shape index (κ3) is 3.93. The minimum atomic E-state index is -1.10. The SMILES string of the molecule is Cc1ncsc1CCOc1cc(C(=O)O)cc(N(C)[O-])c1. The summed E-state index contributed by atoms with van der Waals surface area (Å²) in [4.78, 5) is 16.3. The first kappa shape index (κ1) is 15.3. The van der Waals surface area contributed by atoms with Crippen molar-refractivity contribution in [3.8, 4) is 5.75 Å². The normalized spacial score (nSPS) is 10.4. The second-order valence-electron chi connectivity index (χ2n) is 4.48. The van der Waals surface area contributed by atoms with Crippen LogP contribution in [0.4, 0.5) is 5.69 Å². The molecule has 1 heterocycles. The number of aryl methyl sites for hydroxylation is 1. The van der Waals surface area contributed by atoms with Crippen molar-refractivity contribution in [3.63, 3.8) is 0 Å². The van der Waals surface area contributed by atoms with Crippen LogP contribution in [0.15, 0.2) is 23.7 Å². The van der Waals surface area contributed by atoms with E-state index in [0.717, 1.165) is 10.6 Å². The lowest BCUT2D eigenvalue weighted by atomic mass is 10.2. The second-order valence-corrected chi connectivity index (χ2v) is 5.42. The molecule has 0 amide bonds. The fraction of sp³-hybridized carbons (Fsp3) is 0.286. The Morgan fingerprint density at radius 1 is 1.48 bits per heavy atom. The number of thiazole rings is 1. The summed E-state index contributed by atoms with van der Waals surface area (Å²) in [6, 6.07) is 4.25. The molecule has 0 atom stereocenters. The summed E-state index contributed by atoms with van der Waals surface area (Å²) in [6.07, 6.45) is 0.691. The Balaban J connectivity index is 2.08. The number of aromatic nitrogens is 1. The average Bonchev–Trinajstić information content (AvgIpc) is 2.84. The van der Waals surface area contributed by atoms with Gasteiger partial charge in [-0.05, 0) is 26.1 Å². The van der Waals surface area contributed by atoms with Crippen molar-refractivity contribution in [2.75, 3.05) is 18.7 Å². The lowest BCUT2D eigenvalue weighted by Gasteiger charge is -2.25. The lowest BCUT2D eigenvalue weighted by molar-refractivity contribution is 0.0696. The molecule has 0 aliphatic carbocycles. The standard InChI is InChI=1S/C14H15N2O4S/c1-9-13(21-8-15-9)3-4-20-12-6-10(14(17)18)5-11(7-12)16(2)19/h5-8H,3-4H2,1-2H3,(H,17,18)/q-1. The van der Waals surface area contributed by atoms with Crippen LogP contribution in [0.5, 0.6) is 5.75 Å². The zero-order chi connectivity index (χ0) is 15.4. The Labute approximate surface area is 126 Å². The van der Waals surface area contributed by atoms with Crippen molar-refractivity contribution in [1.82, 2.24) is 4.98 Å². The first-order valence-electron chi connectivity index (χ1n) is 6.28. The highest BCUT2D eigenvalue weighted by atomic mass is 32.1. The van der Waals surface area contributed by atoms with Gasteiger partial charge in [0.2, 0.25) is 0 Å². The molecule has 21 heavy (non-hydrogen) atoms. The molecule has 1 aromatic carbocycles. The molecular formula is C14H15N2O4S-. The molecule has 7 heteroatoms. The number of rotatable bonds is 6. The monoisotopic (exact) mass is 307 g/mol. The van der Waals surface area contributed by atoms with Crippen molar-refractivity contribution >= 4 is 23.0 Å². The fourth-order valence-electron chi connectivity index (χ4n) is 1.80. The predicted molar refractivity (Wildman–Crippen MR) is 81.2 cm³/mol. The molecule has 0 saturated carbocycles. The second kappa shape index (κ2) is 6.55. The Morgan fingerprint density at radius 3 is 2.81 bits per heavy atom. The molecule has 112 valence electrons. The zero-order valence-corrected chi connectivity index (χ0v) is 12.5. The van der Waals surface area contributed by atoms with Crippen molar-refractivity contribution in [2.24, 2.45) is 0 Å². The summed E-state index contributed by atoms with van der Waals surface area (Å²) < 4.78 is 5.57. The van der Waals surface area contributed by atoms with Crippen LogP contribution in [0.3, 0.4) is 0 Å². The van der Waals surface area contributed by atoms with Crippen molar-refractivity contribution in [3.05, 3.63) is 45.1 Å². The smallest absolute Gasteiger partial charge is 0.335 e. The van der Waals surface area contributed by atoms with E-state index in [1.807, 2.05) is 6.92 Å². The highest BCUT2D eigenvalue weighted by Gasteiger charge is 2.09. The van der Waals surface area contributed by atoms with Gasteiger partial charge in [0, 0.05) is 23.1 Å². The molecule has 0 aliphatic heterocycles. The van der Waals surface area contributed by atoms with Gasteiger partial charge < -0.3 is 20.1 Å². The highest BCUT2D eigenvalue weighted by Crippen LogP contribution is 2.24. The summed E-state index contributed by atoms with van der Waals surface area (Å²) >= 11 is 1.56. The molecule has 0 aliphatic rings. The largest absolute Gasteiger partial charge is 0.758 e. The van der Waals surface area contributed by atoms with Gasteiger partial charge in [0.25, 0.3) is 0 Å². The quantitative estimate of drug-likeness (QED) is 0.826. The Bertz CT molecular complexity index is 640. The zero-order valence-electron chi connectivity index (χ0n) is 11.7. The molecule has 2 rings (SSSR count). The molecule has 0 bridgehead atoms. The third-order valence-corrected chi connectivity index (χ3v) is 3.94. The predicted octanol–water partition coefficient (Wildman–Crippen LogP) is 2.71. The van der Waals surface area contributed by atoms with Gasteiger partial charge in [-0.25, -0.2) is 9.78 Å². The van der Waals surface area contributed by atoms with Crippen LogP contribution in [-0.2, 0) is 6.42 Å². The number of hydrogen-bond acceptors (Lipinski definition) is 6. The van der Waals surface area contributed by atoms with Crippen LogP contribution in [0.1, 0.15) is 20.9 Å². The van der Waals surface area contributed by atoms with Gasteiger partial charge >= 0.3 is 5.97 Å². The topological polar surface area (TPSA) is 85.7 Å². The number of carboxylic acid groups (broad SMARTS) is 1. The van der Waals surface area contributed by atoms with Crippen LogP contribution in [0, 0.1) is 12.1 Å². The van der Waals surface area contributed by atoms with Gasteiger partial charge in [0.05, 0.1) is 23.4 Å². The average molecular weight is 307 g/mol. The molecule has 0 radical (unpaired) electrons. The van der Waals surface area contributed by atoms with Gasteiger partial charge in [-0.1, -0.05) is 0 Å². The number of ether oxygens (including phenoxy) is 1. The van der Waals surface area contributed by atoms with Gasteiger partial charge in [-0.15, -0.1) is 11.3 Å². The highest BCUT2D eigenvalue weighted by molar-refractivity contribution is 7.09. The maximum Gasteiger partial charge on any atom is 0.335 e. The van der Waals surface area contributed by atoms with E-state index >= 15 is 0 Å². The molecule has 6 nitrogen and oxygen atoms in total. The minimum absolute atomic E-state index is 0.0270. The minimum Gasteiger partial charge on any atom is -0.758 e. The van der Waals surface area contributed by atoms with E-state index in [-0.39, 0.29) is 11.3 Å². The molecule has 0 fully saturated rings. The van der Waals surface area contributed by atoms with E-state index in [1.54, 1.807) is 16.8 Å². The van der Waals surface area contributed by atoms with Gasteiger partial charge in [-0.3, -0.25) is 0 Å². The van der Waals surface area contributed by atoms with Gasteiger partial charge in [-0.2, -0.15) is 0 Å². The third-order valence-electron chi connectivity index (χ3n) is 2.94. The van der Waals surface area contributed by atoms with Crippen LogP contribution < -0.4 is 9.80 Å². The number of anilines is 1.